The van der Waals surface area contributed by atoms with Crippen LogP contribution in [0.2, 0.25) is 0 Å². The van der Waals surface area contributed by atoms with Gasteiger partial charge in [0.2, 0.25) is 5.91 Å². The zero-order chi connectivity index (χ0) is 20.1. The first-order valence-corrected chi connectivity index (χ1v) is 11.4. The first-order chi connectivity index (χ1) is 14.2. The molecule has 3 aromatic rings. The summed E-state index contributed by atoms with van der Waals surface area (Å²) >= 11 is 3.19. The maximum absolute atomic E-state index is 13.1. The standard InChI is InChI=1S/C21H23FN4OS2/c22-17-5-3-16(4-6-17)19-15-29-21(23-19)24-20(27)14-26-11-9-25(10-12-26)8-7-18-2-1-13-28-18/h1-6,13,15H,7-12,14H2,(H,23,24,27). The van der Waals surface area contributed by atoms with Gasteiger partial charge in [-0.3, -0.25) is 9.69 Å². The van der Waals surface area contributed by atoms with Gasteiger partial charge in [-0.05, 0) is 42.1 Å². The van der Waals surface area contributed by atoms with E-state index in [4.69, 9.17) is 0 Å². The van der Waals surface area contributed by atoms with Crippen molar-refractivity contribution in [2.24, 2.45) is 0 Å². The summed E-state index contributed by atoms with van der Waals surface area (Å²) in [6.07, 6.45) is 1.10. The van der Waals surface area contributed by atoms with Gasteiger partial charge < -0.3 is 10.2 Å². The van der Waals surface area contributed by atoms with Crippen LogP contribution in [0.1, 0.15) is 4.88 Å². The molecule has 0 bridgehead atoms. The van der Waals surface area contributed by atoms with Crippen molar-refractivity contribution in [1.29, 1.82) is 0 Å². The van der Waals surface area contributed by atoms with Crippen LogP contribution in [0.3, 0.4) is 0 Å². The molecule has 8 heteroatoms. The fourth-order valence-electron chi connectivity index (χ4n) is 3.34. The van der Waals surface area contributed by atoms with Gasteiger partial charge >= 0.3 is 0 Å². The molecule has 0 saturated carbocycles. The van der Waals surface area contributed by atoms with E-state index in [0.717, 1.165) is 50.4 Å². The number of anilines is 1. The second-order valence-corrected chi connectivity index (χ2v) is 8.93. The third kappa shape index (κ3) is 5.70. The van der Waals surface area contributed by atoms with E-state index in [9.17, 15) is 9.18 Å². The summed E-state index contributed by atoms with van der Waals surface area (Å²) in [5, 5.41) is 7.45. The molecule has 0 spiro atoms. The number of hydrogen-bond acceptors (Lipinski definition) is 6. The molecule has 4 rings (SSSR count). The highest BCUT2D eigenvalue weighted by molar-refractivity contribution is 7.14. The molecular weight excluding hydrogens is 407 g/mol. The number of benzene rings is 1. The van der Waals surface area contributed by atoms with E-state index in [0.29, 0.717) is 11.7 Å². The Hall–Kier alpha value is -2.13. The third-order valence-electron chi connectivity index (χ3n) is 4.98. The van der Waals surface area contributed by atoms with Crippen molar-refractivity contribution in [3.8, 4) is 11.3 Å². The summed E-state index contributed by atoms with van der Waals surface area (Å²) in [7, 11) is 0. The zero-order valence-corrected chi connectivity index (χ0v) is 17.6. The number of thiazole rings is 1. The number of carbonyl (C=O) groups excluding carboxylic acids is 1. The van der Waals surface area contributed by atoms with Crippen LogP contribution in [-0.2, 0) is 11.2 Å². The van der Waals surface area contributed by atoms with Gasteiger partial charge in [0.25, 0.3) is 0 Å². The number of piperazine rings is 1. The molecule has 1 aliphatic heterocycles. The van der Waals surface area contributed by atoms with Crippen LogP contribution in [-0.4, -0.2) is 60.0 Å². The van der Waals surface area contributed by atoms with Crippen LogP contribution in [0, 0.1) is 5.82 Å². The maximum Gasteiger partial charge on any atom is 0.240 e. The molecule has 0 unspecified atom stereocenters. The molecule has 1 aliphatic rings. The second-order valence-electron chi connectivity index (χ2n) is 7.04. The molecule has 0 radical (unpaired) electrons. The minimum Gasteiger partial charge on any atom is -0.301 e. The van der Waals surface area contributed by atoms with Gasteiger partial charge in [0.1, 0.15) is 5.82 Å². The third-order valence-corrected chi connectivity index (χ3v) is 6.67. The maximum atomic E-state index is 13.1. The van der Waals surface area contributed by atoms with Gasteiger partial charge in [-0.15, -0.1) is 22.7 Å². The lowest BCUT2D eigenvalue weighted by atomic mass is 10.2. The molecule has 1 saturated heterocycles. The Bertz CT molecular complexity index is 919. The molecular formula is C21H23FN4OS2. The molecule has 3 heterocycles. The lowest BCUT2D eigenvalue weighted by Crippen LogP contribution is -2.49. The molecule has 152 valence electrons. The first kappa shape index (κ1) is 20.2. The number of rotatable bonds is 7. The topological polar surface area (TPSA) is 48.5 Å². The molecule has 1 amide bonds. The number of thiophene rings is 1. The Balaban J connectivity index is 1.21. The average Bonchev–Trinajstić information content (AvgIpc) is 3.40. The van der Waals surface area contributed by atoms with E-state index in [2.05, 4.69) is 37.6 Å². The van der Waals surface area contributed by atoms with E-state index in [-0.39, 0.29) is 11.7 Å². The van der Waals surface area contributed by atoms with E-state index < -0.39 is 0 Å². The molecule has 29 heavy (non-hydrogen) atoms. The Kier molecular flexibility index (Phi) is 6.66. The van der Waals surface area contributed by atoms with Crippen molar-refractivity contribution in [3.63, 3.8) is 0 Å². The number of carbonyl (C=O) groups is 1. The fraction of sp³-hybridized carbons (Fsp3) is 0.333. The van der Waals surface area contributed by atoms with Crippen molar-refractivity contribution >= 4 is 33.7 Å². The van der Waals surface area contributed by atoms with E-state index in [1.807, 2.05) is 16.7 Å². The van der Waals surface area contributed by atoms with Gasteiger partial charge in [0.05, 0.1) is 12.2 Å². The lowest BCUT2D eigenvalue weighted by molar-refractivity contribution is -0.117. The molecule has 1 aromatic carbocycles. The van der Waals surface area contributed by atoms with Crippen LogP contribution in [0.25, 0.3) is 11.3 Å². The van der Waals surface area contributed by atoms with E-state index >= 15 is 0 Å². The summed E-state index contributed by atoms with van der Waals surface area (Å²) in [6.45, 7) is 5.23. The second kappa shape index (κ2) is 9.58. The highest BCUT2D eigenvalue weighted by atomic mass is 32.1. The summed E-state index contributed by atoms with van der Waals surface area (Å²) in [5.74, 6) is -0.318. The number of nitrogens with zero attached hydrogens (tertiary/aromatic N) is 3. The van der Waals surface area contributed by atoms with Crippen molar-refractivity contribution in [1.82, 2.24) is 14.8 Å². The summed E-state index contributed by atoms with van der Waals surface area (Å²) in [5.41, 5.74) is 1.58. The van der Waals surface area contributed by atoms with E-state index in [1.165, 1.54) is 28.3 Å². The molecule has 0 atom stereocenters. The first-order valence-electron chi connectivity index (χ1n) is 9.64. The molecule has 5 nitrogen and oxygen atoms in total. The molecule has 0 aliphatic carbocycles. The molecule has 2 aromatic heterocycles. The van der Waals surface area contributed by atoms with Crippen LogP contribution >= 0.6 is 22.7 Å². The van der Waals surface area contributed by atoms with Crippen LogP contribution in [0.15, 0.2) is 47.2 Å². The normalized spacial score (nSPS) is 15.5. The summed E-state index contributed by atoms with van der Waals surface area (Å²) < 4.78 is 13.1. The fourth-order valence-corrected chi connectivity index (χ4v) is 4.77. The van der Waals surface area contributed by atoms with Crippen LogP contribution < -0.4 is 5.32 Å². The number of hydrogen-bond donors (Lipinski definition) is 1. The van der Waals surface area contributed by atoms with Crippen LogP contribution in [0.4, 0.5) is 9.52 Å². The van der Waals surface area contributed by atoms with Crippen molar-refractivity contribution in [3.05, 3.63) is 57.9 Å². The van der Waals surface area contributed by atoms with Crippen molar-refractivity contribution in [2.75, 3.05) is 44.6 Å². The number of aromatic nitrogens is 1. The Morgan fingerprint density at radius 3 is 2.55 bits per heavy atom. The predicted octanol–water partition coefficient (Wildman–Crippen LogP) is 3.81. The Morgan fingerprint density at radius 1 is 1.07 bits per heavy atom. The van der Waals surface area contributed by atoms with Gasteiger partial charge in [0, 0.05) is 48.5 Å². The highest BCUT2D eigenvalue weighted by Crippen LogP contribution is 2.25. The smallest absolute Gasteiger partial charge is 0.240 e. The van der Waals surface area contributed by atoms with Gasteiger partial charge in [-0.2, -0.15) is 0 Å². The van der Waals surface area contributed by atoms with Gasteiger partial charge in [-0.25, -0.2) is 9.37 Å². The minimum atomic E-state index is -0.274. The van der Waals surface area contributed by atoms with E-state index in [1.54, 1.807) is 12.1 Å². The summed E-state index contributed by atoms with van der Waals surface area (Å²) in [6, 6.07) is 10.5. The molecule has 1 N–H and O–H groups in total. The SMILES string of the molecule is O=C(CN1CCN(CCc2cccs2)CC1)Nc1nc(-c2ccc(F)cc2)cs1. The number of amides is 1. The predicted molar refractivity (Wildman–Crippen MR) is 117 cm³/mol. The van der Waals surface area contributed by atoms with Gasteiger partial charge in [0.15, 0.2) is 5.13 Å². The average molecular weight is 431 g/mol. The summed E-state index contributed by atoms with van der Waals surface area (Å²) in [4.78, 5) is 22.9. The lowest BCUT2D eigenvalue weighted by Gasteiger charge is -2.34. The number of halogens is 1. The number of nitrogens with one attached hydrogen (secondary N) is 1. The molecule has 1 fully saturated rings. The Morgan fingerprint density at radius 2 is 1.83 bits per heavy atom. The monoisotopic (exact) mass is 430 g/mol. The zero-order valence-electron chi connectivity index (χ0n) is 16.0. The minimum absolute atomic E-state index is 0.0444. The largest absolute Gasteiger partial charge is 0.301 e. The Labute approximate surface area is 177 Å². The quantitative estimate of drug-likeness (QED) is 0.619. The van der Waals surface area contributed by atoms with Gasteiger partial charge in [-0.1, -0.05) is 6.07 Å². The van der Waals surface area contributed by atoms with Crippen molar-refractivity contribution in [2.45, 2.75) is 6.42 Å². The highest BCUT2D eigenvalue weighted by Gasteiger charge is 2.19. The van der Waals surface area contributed by atoms with Crippen LogP contribution in [0.5, 0.6) is 0 Å². The van der Waals surface area contributed by atoms with Crippen molar-refractivity contribution < 1.29 is 9.18 Å².